The van der Waals surface area contributed by atoms with Gasteiger partial charge in [0.2, 0.25) is 11.8 Å². The van der Waals surface area contributed by atoms with Crippen LogP contribution >= 0.6 is 23.4 Å². The molecule has 1 aromatic rings. The normalized spacial score (nSPS) is 19.7. The van der Waals surface area contributed by atoms with Crippen LogP contribution < -0.4 is 10.6 Å². The first-order chi connectivity index (χ1) is 11.1. The van der Waals surface area contributed by atoms with Gasteiger partial charge < -0.3 is 10.8 Å². The molecular formula is C16H19ClN2O4S. The molecule has 2 atom stereocenters. The van der Waals surface area contributed by atoms with E-state index in [1.165, 1.54) is 0 Å². The number of carboxylic acids is 1. The van der Waals surface area contributed by atoms with Gasteiger partial charge in [-0.25, -0.2) is 4.90 Å². The summed E-state index contributed by atoms with van der Waals surface area (Å²) in [6.07, 6.45) is 0.00518. The lowest BCUT2D eigenvalue weighted by Gasteiger charge is -2.30. The first kappa shape index (κ1) is 18.8. The Bertz CT molecular complexity index is 707. The van der Waals surface area contributed by atoms with Crippen molar-refractivity contribution >= 4 is 46.8 Å². The molecule has 24 heavy (non-hydrogen) atoms. The van der Waals surface area contributed by atoms with E-state index in [9.17, 15) is 14.4 Å². The zero-order valence-corrected chi connectivity index (χ0v) is 15.1. The van der Waals surface area contributed by atoms with Crippen LogP contribution in [-0.2, 0) is 14.4 Å². The van der Waals surface area contributed by atoms with Gasteiger partial charge in [-0.1, -0.05) is 17.7 Å². The molecule has 2 rings (SSSR count). The Labute approximate surface area is 149 Å². The smallest absolute Gasteiger partial charge is 0.321 e. The van der Waals surface area contributed by atoms with Crippen molar-refractivity contribution in [2.24, 2.45) is 5.73 Å². The molecule has 0 aliphatic carbocycles. The average Bonchev–Trinajstić information content (AvgIpc) is 2.75. The third-order valence-electron chi connectivity index (χ3n) is 4.05. The third-order valence-corrected chi connectivity index (χ3v) is 5.97. The Hall–Kier alpha value is -1.57. The minimum Gasteiger partial charge on any atom is -0.480 e. The second-order valence-electron chi connectivity index (χ2n) is 6.18. The topological polar surface area (TPSA) is 101 Å². The Balaban J connectivity index is 2.26. The van der Waals surface area contributed by atoms with Crippen LogP contribution in [0, 0.1) is 6.92 Å². The molecular weight excluding hydrogens is 352 g/mol. The van der Waals surface area contributed by atoms with E-state index in [4.69, 9.17) is 22.4 Å². The quantitative estimate of drug-likeness (QED) is 0.770. The zero-order valence-electron chi connectivity index (χ0n) is 13.6. The third kappa shape index (κ3) is 3.43. The second kappa shape index (κ2) is 6.74. The van der Waals surface area contributed by atoms with E-state index < -0.39 is 22.0 Å². The maximum Gasteiger partial charge on any atom is 0.321 e. The van der Waals surface area contributed by atoms with Crippen molar-refractivity contribution in [1.82, 2.24) is 0 Å². The number of aliphatic carboxylic acids is 1. The van der Waals surface area contributed by atoms with E-state index in [1.807, 2.05) is 0 Å². The van der Waals surface area contributed by atoms with Gasteiger partial charge in [-0.2, -0.15) is 0 Å². The van der Waals surface area contributed by atoms with Crippen molar-refractivity contribution in [2.75, 3.05) is 4.90 Å². The Morgan fingerprint density at radius 1 is 1.46 bits per heavy atom. The summed E-state index contributed by atoms with van der Waals surface area (Å²) in [5.41, 5.74) is 6.80. The first-order valence-corrected chi connectivity index (χ1v) is 8.60. The molecule has 0 spiro atoms. The van der Waals surface area contributed by atoms with Crippen molar-refractivity contribution in [3.8, 4) is 0 Å². The van der Waals surface area contributed by atoms with Gasteiger partial charge in [-0.05, 0) is 38.5 Å². The van der Waals surface area contributed by atoms with Crippen LogP contribution in [0.3, 0.4) is 0 Å². The molecule has 1 fully saturated rings. The highest BCUT2D eigenvalue weighted by Crippen LogP contribution is 2.39. The SMILES string of the molecule is Cc1c(Cl)cccc1N1C(=O)CC(SC(C)(C)C(N)C(=O)O)C1=O. The minimum atomic E-state index is -1.15. The molecule has 1 aliphatic heterocycles. The van der Waals surface area contributed by atoms with Crippen LogP contribution in [0.1, 0.15) is 25.8 Å². The summed E-state index contributed by atoms with van der Waals surface area (Å²) in [5, 5.41) is 8.89. The van der Waals surface area contributed by atoms with Gasteiger partial charge in [0.1, 0.15) is 6.04 Å². The van der Waals surface area contributed by atoms with Crippen LogP contribution in [0.25, 0.3) is 0 Å². The van der Waals surface area contributed by atoms with Crippen molar-refractivity contribution < 1.29 is 19.5 Å². The Kier molecular flexibility index (Phi) is 5.27. The van der Waals surface area contributed by atoms with E-state index in [0.717, 1.165) is 16.7 Å². The number of carbonyl (C=O) groups excluding carboxylic acids is 2. The number of imide groups is 1. The van der Waals surface area contributed by atoms with Gasteiger partial charge in [0.15, 0.2) is 0 Å². The molecule has 1 heterocycles. The summed E-state index contributed by atoms with van der Waals surface area (Å²) < 4.78 is -0.897. The number of hydrogen-bond acceptors (Lipinski definition) is 5. The average molecular weight is 371 g/mol. The van der Waals surface area contributed by atoms with Crippen molar-refractivity contribution in [2.45, 2.75) is 43.2 Å². The number of benzene rings is 1. The van der Waals surface area contributed by atoms with Crippen LogP contribution in [0.4, 0.5) is 5.69 Å². The van der Waals surface area contributed by atoms with Gasteiger partial charge in [-0.3, -0.25) is 14.4 Å². The fourth-order valence-corrected chi connectivity index (χ4v) is 4.11. The molecule has 6 nitrogen and oxygen atoms in total. The van der Waals surface area contributed by atoms with Gasteiger partial charge in [0.25, 0.3) is 0 Å². The predicted octanol–water partition coefficient (Wildman–Crippen LogP) is 2.20. The van der Waals surface area contributed by atoms with E-state index in [0.29, 0.717) is 16.3 Å². The Morgan fingerprint density at radius 3 is 2.67 bits per heavy atom. The Morgan fingerprint density at radius 2 is 2.08 bits per heavy atom. The number of carbonyl (C=O) groups is 3. The highest BCUT2D eigenvalue weighted by atomic mass is 35.5. The molecule has 0 bridgehead atoms. The maximum absolute atomic E-state index is 12.7. The van der Waals surface area contributed by atoms with Crippen LogP contribution in [0.2, 0.25) is 5.02 Å². The molecule has 8 heteroatoms. The maximum atomic E-state index is 12.7. The fourth-order valence-electron chi connectivity index (χ4n) is 2.52. The molecule has 1 aromatic carbocycles. The van der Waals surface area contributed by atoms with Crippen LogP contribution in [0.15, 0.2) is 18.2 Å². The molecule has 1 saturated heterocycles. The first-order valence-electron chi connectivity index (χ1n) is 7.34. The minimum absolute atomic E-state index is 0.00518. The second-order valence-corrected chi connectivity index (χ2v) is 8.45. The van der Waals surface area contributed by atoms with E-state index in [1.54, 1.807) is 39.0 Å². The van der Waals surface area contributed by atoms with Gasteiger partial charge in [-0.15, -0.1) is 11.8 Å². The molecule has 2 amide bonds. The standard InChI is InChI=1S/C16H19ClN2O4S/c1-8-9(17)5-4-6-10(8)19-12(20)7-11(14(19)21)24-16(2,3)13(18)15(22)23/h4-6,11,13H,7,18H2,1-3H3,(H,22,23). The van der Waals surface area contributed by atoms with E-state index in [2.05, 4.69) is 0 Å². The largest absolute Gasteiger partial charge is 0.480 e. The monoisotopic (exact) mass is 370 g/mol. The van der Waals surface area contributed by atoms with Crippen molar-refractivity contribution in [1.29, 1.82) is 0 Å². The summed E-state index contributed by atoms with van der Waals surface area (Å²) in [6, 6.07) is 3.88. The molecule has 2 unspecified atom stereocenters. The number of nitrogens with two attached hydrogens (primary N) is 1. The number of hydrogen-bond donors (Lipinski definition) is 2. The predicted molar refractivity (Wildman–Crippen MR) is 94.4 cm³/mol. The van der Waals surface area contributed by atoms with Gasteiger partial charge in [0, 0.05) is 16.2 Å². The molecule has 130 valence electrons. The zero-order chi connectivity index (χ0) is 18.2. The fraction of sp³-hybridized carbons (Fsp3) is 0.438. The number of thioether (sulfide) groups is 1. The van der Waals surface area contributed by atoms with E-state index >= 15 is 0 Å². The molecule has 0 aromatic heterocycles. The molecule has 1 aliphatic rings. The number of nitrogens with zero attached hydrogens (tertiary/aromatic N) is 1. The van der Waals surface area contributed by atoms with Crippen molar-refractivity contribution in [3.63, 3.8) is 0 Å². The van der Waals surface area contributed by atoms with Gasteiger partial charge in [0.05, 0.1) is 10.9 Å². The van der Waals surface area contributed by atoms with Crippen LogP contribution in [0.5, 0.6) is 0 Å². The summed E-state index contributed by atoms with van der Waals surface area (Å²) in [6.45, 7) is 5.05. The van der Waals surface area contributed by atoms with Crippen molar-refractivity contribution in [3.05, 3.63) is 28.8 Å². The van der Waals surface area contributed by atoms with Crippen LogP contribution in [-0.4, -0.2) is 38.9 Å². The lowest BCUT2D eigenvalue weighted by atomic mass is 10.1. The molecule has 0 radical (unpaired) electrons. The highest BCUT2D eigenvalue weighted by molar-refractivity contribution is 8.02. The number of rotatable bonds is 5. The number of halogens is 1. The number of anilines is 1. The summed E-state index contributed by atoms with van der Waals surface area (Å²) in [5.74, 6) is -1.85. The molecule has 3 N–H and O–H groups in total. The number of carboxylic acid groups (broad SMARTS) is 1. The van der Waals surface area contributed by atoms with E-state index in [-0.39, 0.29) is 18.2 Å². The molecule has 0 saturated carbocycles. The summed E-state index contributed by atoms with van der Waals surface area (Å²) in [4.78, 5) is 37.3. The highest BCUT2D eigenvalue weighted by Gasteiger charge is 2.45. The van der Waals surface area contributed by atoms with Gasteiger partial charge >= 0.3 is 5.97 Å². The summed E-state index contributed by atoms with van der Waals surface area (Å²) in [7, 11) is 0. The summed E-state index contributed by atoms with van der Waals surface area (Å²) >= 11 is 7.19. The lowest BCUT2D eigenvalue weighted by Crippen LogP contribution is -2.48. The number of amides is 2. The lowest BCUT2D eigenvalue weighted by molar-refractivity contribution is -0.139.